The van der Waals surface area contributed by atoms with Crippen LogP contribution in [0.3, 0.4) is 0 Å². The zero-order valence-electron chi connectivity index (χ0n) is 11.7. The van der Waals surface area contributed by atoms with E-state index in [-0.39, 0.29) is 6.03 Å². The smallest absolute Gasteiger partial charge is 0.308 e. The van der Waals surface area contributed by atoms with Crippen LogP contribution in [0.15, 0.2) is 41.3 Å². The van der Waals surface area contributed by atoms with E-state index in [1.165, 1.54) is 0 Å². The molecule has 1 heterocycles. The Labute approximate surface area is 123 Å². The number of hydrogen-bond acceptors (Lipinski definition) is 3. The molecule has 0 unspecified atom stereocenters. The summed E-state index contributed by atoms with van der Waals surface area (Å²) < 4.78 is 0. The highest BCUT2D eigenvalue weighted by Crippen LogP contribution is 2.17. The molecule has 5 heteroatoms. The zero-order chi connectivity index (χ0) is 14.5. The standard InChI is InChI=1S/C15H17N3OS/c1-10-8-11(2)16-14(9-10)18-15(19)17-12-4-6-13(20-3)7-5-12/h4-9H,1-3H3,(H2,16,17,18,19). The van der Waals surface area contributed by atoms with Crippen LogP contribution in [0, 0.1) is 13.8 Å². The van der Waals surface area contributed by atoms with Crippen molar-refractivity contribution in [3.8, 4) is 0 Å². The molecular formula is C15H17N3OS. The second-order valence-corrected chi connectivity index (χ2v) is 5.36. The normalized spacial score (nSPS) is 10.2. The monoisotopic (exact) mass is 287 g/mol. The van der Waals surface area contributed by atoms with Crippen molar-refractivity contribution in [2.75, 3.05) is 16.9 Å². The van der Waals surface area contributed by atoms with E-state index in [1.807, 2.05) is 56.5 Å². The summed E-state index contributed by atoms with van der Waals surface area (Å²) in [6, 6.07) is 11.2. The van der Waals surface area contributed by atoms with E-state index in [4.69, 9.17) is 0 Å². The van der Waals surface area contributed by atoms with Gasteiger partial charge in [0.2, 0.25) is 0 Å². The molecule has 0 aliphatic carbocycles. The van der Waals surface area contributed by atoms with Crippen LogP contribution in [0.25, 0.3) is 0 Å². The summed E-state index contributed by atoms with van der Waals surface area (Å²) >= 11 is 1.66. The van der Waals surface area contributed by atoms with Gasteiger partial charge in [0.25, 0.3) is 0 Å². The molecular weight excluding hydrogens is 270 g/mol. The van der Waals surface area contributed by atoms with Gasteiger partial charge in [0.1, 0.15) is 5.82 Å². The van der Waals surface area contributed by atoms with Gasteiger partial charge in [-0.1, -0.05) is 0 Å². The third-order valence-electron chi connectivity index (χ3n) is 2.69. The molecule has 1 aromatic carbocycles. The molecule has 104 valence electrons. The fourth-order valence-electron chi connectivity index (χ4n) is 1.86. The van der Waals surface area contributed by atoms with Gasteiger partial charge in [-0.3, -0.25) is 5.32 Å². The van der Waals surface area contributed by atoms with E-state index in [9.17, 15) is 4.79 Å². The van der Waals surface area contributed by atoms with Crippen molar-refractivity contribution in [2.24, 2.45) is 0 Å². The number of urea groups is 1. The van der Waals surface area contributed by atoms with Gasteiger partial charge in [0.15, 0.2) is 0 Å². The summed E-state index contributed by atoms with van der Waals surface area (Å²) in [6.07, 6.45) is 2.01. The van der Waals surface area contributed by atoms with Crippen LogP contribution < -0.4 is 10.6 Å². The number of benzene rings is 1. The maximum atomic E-state index is 11.9. The Morgan fingerprint density at radius 2 is 1.80 bits per heavy atom. The van der Waals surface area contributed by atoms with Gasteiger partial charge >= 0.3 is 6.03 Å². The van der Waals surface area contributed by atoms with E-state index in [1.54, 1.807) is 11.8 Å². The molecule has 2 rings (SSSR count). The molecule has 2 aromatic rings. The minimum Gasteiger partial charge on any atom is -0.308 e. The van der Waals surface area contributed by atoms with E-state index in [0.29, 0.717) is 5.82 Å². The Kier molecular flexibility index (Phi) is 4.63. The second kappa shape index (κ2) is 6.43. The van der Waals surface area contributed by atoms with Crippen molar-refractivity contribution in [2.45, 2.75) is 18.7 Å². The SMILES string of the molecule is CSc1ccc(NC(=O)Nc2cc(C)cc(C)n2)cc1. The average Bonchev–Trinajstić information content (AvgIpc) is 2.38. The summed E-state index contributed by atoms with van der Waals surface area (Å²) in [5, 5.41) is 5.52. The highest BCUT2D eigenvalue weighted by atomic mass is 32.2. The third-order valence-corrected chi connectivity index (χ3v) is 3.43. The van der Waals surface area contributed by atoms with Crippen molar-refractivity contribution < 1.29 is 4.79 Å². The first-order valence-electron chi connectivity index (χ1n) is 6.24. The van der Waals surface area contributed by atoms with Gasteiger partial charge in [0.05, 0.1) is 0 Å². The molecule has 0 atom stereocenters. The minimum atomic E-state index is -0.292. The number of thioether (sulfide) groups is 1. The lowest BCUT2D eigenvalue weighted by Gasteiger charge is -2.08. The maximum Gasteiger partial charge on any atom is 0.324 e. The summed E-state index contributed by atoms with van der Waals surface area (Å²) in [5.74, 6) is 0.556. The van der Waals surface area contributed by atoms with Gasteiger partial charge in [-0.2, -0.15) is 0 Å². The lowest BCUT2D eigenvalue weighted by atomic mass is 10.2. The maximum absolute atomic E-state index is 11.9. The van der Waals surface area contributed by atoms with Crippen LogP contribution in [0.5, 0.6) is 0 Å². The summed E-state index contributed by atoms with van der Waals surface area (Å²) in [5.41, 5.74) is 2.70. The number of pyridine rings is 1. The van der Waals surface area contributed by atoms with Crippen molar-refractivity contribution in [1.82, 2.24) is 4.98 Å². The number of nitrogens with one attached hydrogen (secondary N) is 2. The number of carbonyl (C=O) groups is 1. The average molecular weight is 287 g/mol. The summed E-state index contributed by atoms with van der Waals surface area (Å²) in [7, 11) is 0. The van der Waals surface area contributed by atoms with Crippen LogP contribution in [0.4, 0.5) is 16.3 Å². The number of carbonyl (C=O) groups excluding carboxylic acids is 1. The molecule has 0 saturated carbocycles. The Hall–Kier alpha value is -2.01. The number of anilines is 2. The first-order valence-corrected chi connectivity index (χ1v) is 7.46. The van der Waals surface area contributed by atoms with E-state index in [0.717, 1.165) is 21.8 Å². The van der Waals surface area contributed by atoms with Crippen LogP contribution in [-0.2, 0) is 0 Å². The number of aromatic nitrogens is 1. The highest BCUT2D eigenvalue weighted by Gasteiger charge is 2.04. The molecule has 0 fully saturated rings. The minimum absolute atomic E-state index is 0.292. The quantitative estimate of drug-likeness (QED) is 0.837. The number of hydrogen-bond donors (Lipinski definition) is 2. The molecule has 0 saturated heterocycles. The van der Waals surface area contributed by atoms with Crippen molar-refractivity contribution >= 4 is 29.3 Å². The largest absolute Gasteiger partial charge is 0.324 e. The Morgan fingerprint density at radius 3 is 2.40 bits per heavy atom. The lowest BCUT2D eigenvalue weighted by Crippen LogP contribution is -2.20. The summed E-state index contributed by atoms with van der Waals surface area (Å²) in [4.78, 5) is 17.3. The van der Waals surface area contributed by atoms with Crippen LogP contribution in [-0.4, -0.2) is 17.3 Å². The fraction of sp³-hybridized carbons (Fsp3) is 0.200. The van der Waals surface area contributed by atoms with E-state index < -0.39 is 0 Å². The van der Waals surface area contributed by atoms with Crippen molar-refractivity contribution in [1.29, 1.82) is 0 Å². The van der Waals surface area contributed by atoms with E-state index >= 15 is 0 Å². The number of amides is 2. The van der Waals surface area contributed by atoms with Crippen LogP contribution >= 0.6 is 11.8 Å². The molecule has 4 nitrogen and oxygen atoms in total. The van der Waals surface area contributed by atoms with Gasteiger partial charge < -0.3 is 5.32 Å². The van der Waals surface area contributed by atoms with Gasteiger partial charge in [-0.15, -0.1) is 11.8 Å². The molecule has 1 aromatic heterocycles. The van der Waals surface area contributed by atoms with Crippen LogP contribution in [0.1, 0.15) is 11.3 Å². The van der Waals surface area contributed by atoms with Crippen molar-refractivity contribution in [3.63, 3.8) is 0 Å². The Bertz CT molecular complexity index is 591. The highest BCUT2D eigenvalue weighted by molar-refractivity contribution is 7.98. The molecule has 0 radical (unpaired) electrons. The zero-order valence-corrected chi connectivity index (χ0v) is 12.5. The number of nitrogens with zero attached hydrogens (tertiary/aromatic N) is 1. The Balaban J connectivity index is 2.01. The summed E-state index contributed by atoms with van der Waals surface area (Å²) in [6.45, 7) is 3.87. The van der Waals surface area contributed by atoms with E-state index in [2.05, 4.69) is 15.6 Å². The lowest BCUT2D eigenvalue weighted by molar-refractivity contribution is 0.262. The van der Waals surface area contributed by atoms with Gasteiger partial charge in [-0.25, -0.2) is 9.78 Å². The van der Waals surface area contributed by atoms with Crippen molar-refractivity contribution in [3.05, 3.63) is 47.7 Å². The molecule has 2 N–H and O–H groups in total. The first-order chi connectivity index (χ1) is 9.56. The molecule has 20 heavy (non-hydrogen) atoms. The third kappa shape index (κ3) is 3.99. The fourth-order valence-corrected chi connectivity index (χ4v) is 2.27. The predicted molar refractivity (Wildman–Crippen MR) is 84.6 cm³/mol. The number of aryl methyl sites for hydroxylation is 2. The second-order valence-electron chi connectivity index (χ2n) is 4.48. The molecule has 2 amide bonds. The molecule has 0 bridgehead atoms. The first kappa shape index (κ1) is 14.4. The van der Waals surface area contributed by atoms with Gasteiger partial charge in [-0.05, 0) is 62.1 Å². The number of rotatable bonds is 3. The predicted octanol–water partition coefficient (Wildman–Crippen LogP) is 4.06. The van der Waals surface area contributed by atoms with Crippen LogP contribution in [0.2, 0.25) is 0 Å². The molecule has 0 aliphatic rings. The molecule has 0 spiro atoms. The topological polar surface area (TPSA) is 54.0 Å². The molecule has 0 aliphatic heterocycles. The van der Waals surface area contributed by atoms with Gasteiger partial charge in [0, 0.05) is 16.3 Å². The Morgan fingerprint density at radius 1 is 1.10 bits per heavy atom.